The fourth-order valence-electron chi connectivity index (χ4n) is 3.47. The average molecular weight is 249 g/mol. The van der Waals surface area contributed by atoms with Crippen molar-refractivity contribution in [3.05, 3.63) is 17.5 Å². The first-order chi connectivity index (χ1) is 8.30. The lowest BCUT2D eigenvalue weighted by Gasteiger charge is -2.23. The van der Waals surface area contributed by atoms with Gasteiger partial charge in [0.1, 0.15) is 0 Å². The topological polar surface area (TPSA) is 29.9 Å². The molecule has 1 aliphatic carbocycles. The third kappa shape index (κ3) is 2.61. The van der Waals surface area contributed by atoms with Crippen LogP contribution in [0.4, 0.5) is 0 Å². The molecular weight excluding hydrogens is 222 g/mol. The molecule has 1 N–H and O–H groups in total. The summed E-state index contributed by atoms with van der Waals surface area (Å²) in [5.74, 6) is 0.763. The second-order valence-corrected chi connectivity index (χ2v) is 6.85. The highest BCUT2D eigenvalue weighted by Gasteiger charge is 2.37. The fourth-order valence-corrected chi connectivity index (χ4v) is 3.47. The van der Waals surface area contributed by atoms with E-state index in [0.29, 0.717) is 17.5 Å². The maximum absolute atomic E-state index is 4.34. The second-order valence-electron chi connectivity index (χ2n) is 6.85. The van der Waals surface area contributed by atoms with Gasteiger partial charge >= 0.3 is 0 Å². The summed E-state index contributed by atoms with van der Waals surface area (Å²) in [4.78, 5) is 0. The highest BCUT2D eigenvalue weighted by Crippen LogP contribution is 2.41. The molecule has 1 heterocycles. The lowest BCUT2D eigenvalue weighted by atomic mass is 9.91. The minimum absolute atomic E-state index is 0.389. The van der Waals surface area contributed by atoms with E-state index in [9.17, 15) is 0 Å². The van der Waals surface area contributed by atoms with Crippen molar-refractivity contribution in [2.24, 2.45) is 18.4 Å². The van der Waals surface area contributed by atoms with E-state index < -0.39 is 0 Å². The molecule has 0 aliphatic heterocycles. The normalized spacial score (nSPS) is 28.6. The SMILES string of the molecule is Cc1c(C(C)NC2CC(C)(C)CC2C)cnn1C. The molecule has 1 fully saturated rings. The summed E-state index contributed by atoms with van der Waals surface area (Å²) in [6.45, 7) is 11.5. The zero-order valence-corrected chi connectivity index (χ0v) is 12.6. The second kappa shape index (κ2) is 4.69. The molecule has 0 radical (unpaired) electrons. The summed E-state index contributed by atoms with van der Waals surface area (Å²) >= 11 is 0. The van der Waals surface area contributed by atoms with Gasteiger partial charge < -0.3 is 5.32 Å². The lowest BCUT2D eigenvalue weighted by Crippen LogP contribution is -2.34. The Morgan fingerprint density at radius 3 is 2.56 bits per heavy atom. The van der Waals surface area contributed by atoms with Crippen LogP contribution in [0.25, 0.3) is 0 Å². The van der Waals surface area contributed by atoms with E-state index in [2.05, 4.69) is 45.0 Å². The average Bonchev–Trinajstić information content (AvgIpc) is 2.69. The predicted molar refractivity (Wildman–Crippen MR) is 75.5 cm³/mol. The largest absolute Gasteiger partial charge is 0.307 e. The molecule has 102 valence electrons. The molecule has 3 heteroatoms. The van der Waals surface area contributed by atoms with Crippen molar-refractivity contribution >= 4 is 0 Å². The van der Waals surface area contributed by atoms with E-state index in [-0.39, 0.29) is 0 Å². The first-order valence-electron chi connectivity index (χ1n) is 7.05. The van der Waals surface area contributed by atoms with Gasteiger partial charge in [-0.1, -0.05) is 20.8 Å². The number of nitrogens with zero attached hydrogens (tertiary/aromatic N) is 2. The van der Waals surface area contributed by atoms with Crippen LogP contribution in [-0.4, -0.2) is 15.8 Å². The monoisotopic (exact) mass is 249 g/mol. The summed E-state index contributed by atoms with van der Waals surface area (Å²) in [5.41, 5.74) is 3.08. The third-order valence-corrected chi connectivity index (χ3v) is 4.54. The molecule has 1 aromatic rings. The molecule has 0 aromatic carbocycles. The minimum atomic E-state index is 0.389. The van der Waals surface area contributed by atoms with Crippen molar-refractivity contribution in [1.29, 1.82) is 0 Å². The van der Waals surface area contributed by atoms with Gasteiger partial charge in [-0.15, -0.1) is 0 Å². The fraction of sp³-hybridized carbons (Fsp3) is 0.800. The minimum Gasteiger partial charge on any atom is -0.307 e. The van der Waals surface area contributed by atoms with E-state index >= 15 is 0 Å². The Balaban J connectivity index is 2.04. The van der Waals surface area contributed by atoms with Gasteiger partial charge in [0, 0.05) is 30.4 Å². The molecule has 0 amide bonds. The molecule has 0 bridgehead atoms. The smallest absolute Gasteiger partial charge is 0.0540 e. The zero-order chi connectivity index (χ0) is 13.5. The number of nitrogens with one attached hydrogen (secondary N) is 1. The predicted octanol–water partition coefficient (Wildman–Crippen LogP) is 3.20. The van der Waals surface area contributed by atoms with Gasteiger partial charge in [-0.3, -0.25) is 4.68 Å². The maximum atomic E-state index is 4.34. The summed E-state index contributed by atoms with van der Waals surface area (Å²) in [7, 11) is 2.01. The first-order valence-corrected chi connectivity index (χ1v) is 7.05. The van der Waals surface area contributed by atoms with Gasteiger partial charge in [0.15, 0.2) is 0 Å². The Bertz CT molecular complexity index is 419. The van der Waals surface area contributed by atoms with Crippen LogP contribution in [-0.2, 0) is 7.05 Å². The maximum Gasteiger partial charge on any atom is 0.0540 e. The van der Waals surface area contributed by atoms with E-state index in [0.717, 1.165) is 5.92 Å². The van der Waals surface area contributed by atoms with Crippen LogP contribution in [0.3, 0.4) is 0 Å². The van der Waals surface area contributed by atoms with Crippen molar-refractivity contribution in [3.63, 3.8) is 0 Å². The van der Waals surface area contributed by atoms with Crippen LogP contribution >= 0.6 is 0 Å². The van der Waals surface area contributed by atoms with Crippen LogP contribution in [0.2, 0.25) is 0 Å². The summed E-state index contributed by atoms with van der Waals surface area (Å²) in [6, 6.07) is 1.02. The highest BCUT2D eigenvalue weighted by atomic mass is 15.3. The summed E-state index contributed by atoms with van der Waals surface area (Å²) < 4.78 is 1.95. The molecular formula is C15H27N3. The number of hydrogen-bond donors (Lipinski definition) is 1. The number of rotatable bonds is 3. The van der Waals surface area contributed by atoms with Gasteiger partial charge in [-0.25, -0.2) is 0 Å². The van der Waals surface area contributed by atoms with Crippen molar-refractivity contribution < 1.29 is 0 Å². The molecule has 0 saturated heterocycles. The first kappa shape index (κ1) is 13.6. The van der Waals surface area contributed by atoms with E-state index in [1.165, 1.54) is 24.1 Å². The molecule has 3 nitrogen and oxygen atoms in total. The molecule has 2 rings (SSSR count). The Labute approximate surface area is 111 Å². The van der Waals surface area contributed by atoms with Gasteiger partial charge in [-0.05, 0) is 38.0 Å². The Morgan fingerprint density at radius 1 is 1.44 bits per heavy atom. The van der Waals surface area contributed by atoms with Gasteiger partial charge in [0.25, 0.3) is 0 Å². The van der Waals surface area contributed by atoms with Crippen molar-refractivity contribution in [2.45, 2.75) is 59.5 Å². The number of hydrogen-bond acceptors (Lipinski definition) is 2. The molecule has 1 aliphatic rings. The summed E-state index contributed by atoms with van der Waals surface area (Å²) in [5, 5.41) is 8.14. The summed E-state index contributed by atoms with van der Waals surface area (Å²) in [6.07, 6.45) is 4.60. The van der Waals surface area contributed by atoms with Gasteiger partial charge in [0.2, 0.25) is 0 Å². The molecule has 1 aromatic heterocycles. The molecule has 3 unspecified atom stereocenters. The van der Waals surface area contributed by atoms with Crippen LogP contribution in [0.5, 0.6) is 0 Å². The van der Waals surface area contributed by atoms with E-state index in [1.807, 2.05) is 17.9 Å². The van der Waals surface area contributed by atoms with Crippen LogP contribution < -0.4 is 5.32 Å². The van der Waals surface area contributed by atoms with E-state index in [4.69, 9.17) is 0 Å². The standard InChI is InChI=1S/C15H27N3/c1-10-7-15(4,5)8-14(10)17-11(2)13-9-16-18(6)12(13)3/h9-11,14,17H,7-8H2,1-6H3. The Morgan fingerprint density at radius 2 is 2.11 bits per heavy atom. The quantitative estimate of drug-likeness (QED) is 0.891. The third-order valence-electron chi connectivity index (χ3n) is 4.54. The Hall–Kier alpha value is -0.830. The van der Waals surface area contributed by atoms with Crippen molar-refractivity contribution in [3.8, 4) is 0 Å². The van der Waals surface area contributed by atoms with Crippen molar-refractivity contribution in [1.82, 2.24) is 15.1 Å². The van der Waals surface area contributed by atoms with Crippen LogP contribution in [0.1, 0.15) is 57.8 Å². The Kier molecular flexibility index (Phi) is 3.54. The highest BCUT2D eigenvalue weighted by molar-refractivity contribution is 5.20. The molecule has 3 atom stereocenters. The lowest BCUT2D eigenvalue weighted by molar-refractivity contribution is 0.356. The molecule has 0 spiro atoms. The van der Waals surface area contributed by atoms with Crippen LogP contribution in [0, 0.1) is 18.3 Å². The van der Waals surface area contributed by atoms with Gasteiger partial charge in [0.05, 0.1) is 6.20 Å². The zero-order valence-electron chi connectivity index (χ0n) is 12.6. The van der Waals surface area contributed by atoms with Gasteiger partial charge in [-0.2, -0.15) is 5.10 Å². The van der Waals surface area contributed by atoms with Crippen molar-refractivity contribution in [2.75, 3.05) is 0 Å². The number of aryl methyl sites for hydroxylation is 1. The van der Waals surface area contributed by atoms with Crippen LogP contribution in [0.15, 0.2) is 6.20 Å². The molecule has 1 saturated carbocycles. The number of aromatic nitrogens is 2. The van der Waals surface area contributed by atoms with E-state index in [1.54, 1.807) is 0 Å². The molecule has 18 heavy (non-hydrogen) atoms.